The van der Waals surface area contributed by atoms with E-state index >= 15 is 0 Å². The number of halogens is 2. The van der Waals surface area contributed by atoms with Crippen LogP contribution in [0.4, 0.5) is 8.78 Å². The van der Waals surface area contributed by atoms with Gasteiger partial charge in [0.05, 0.1) is 26.4 Å². The Kier molecular flexibility index (Phi) is 10.6. The fourth-order valence-electron chi connectivity index (χ4n) is 4.98. The highest BCUT2D eigenvalue weighted by atomic mass is 19.1. The van der Waals surface area contributed by atoms with Crippen molar-refractivity contribution in [1.29, 1.82) is 0 Å². The molecule has 2 bridgehead atoms. The van der Waals surface area contributed by atoms with Gasteiger partial charge in [0.2, 0.25) is 17.7 Å². The molecule has 1 fully saturated rings. The Morgan fingerprint density at radius 2 is 1.86 bits per heavy atom. The average Bonchev–Trinajstić information content (AvgIpc) is 3.49. The number of rotatable bonds is 2. The number of aromatic nitrogens is 1. The number of amides is 5. The molecule has 44 heavy (non-hydrogen) atoms. The number of nitrogens with one attached hydrogen (secondary N) is 3. The van der Waals surface area contributed by atoms with Crippen molar-refractivity contribution in [2.75, 3.05) is 46.4 Å². The van der Waals surface area contributed by atoms with E-state index in [1.807, 2.05) is 0 Å². The molecular formula is C29H34F2N6O7. The zero-order chi connectivity index (χ0) is 31.8. The minimum Gasteiger partial charge on any atom is -0.493 e. The second-order valence-electron chi connectivity index (χ2n) is 10.3. The number of hydrogen-bond acceptors (Lipinski definition) is 8. The zero-order valence-electron chi connectivity index (χ0n) is 24.4. The Labute approximate surface area is 252 Å². The first-order valence-corrected chi connectivity index (χ1v) is 14.2. The van der Waals surface area contributed by atoms with E-state index in [0.717, 1.165) is 4.90 Å². The molecule has 13 nitrogen and oxygen atoms in total. The topological polar surface area (TPSA) is 159 Å². The van der Waals surface area contributed by atoms with Crippen LogP contribution in [0.5, 0.6) is 11.5 Å². The number of carbonyl (C=O) groups is 5. The first-order chi connectivity index (χ1) is 21.1. The number of fused-ring (bicyclic) bond motifs is 16. The van der Waals surface area contributed by atoms with Gasteiger partial charge in [-0.05, 0) is 44.4 Å². The summed E-state index contributed by atoms with van der Waals surface area (Å²) in [6.07, 6.45) is 1.90. The molecule has 236 valence electrons. The van der Waals surface area contributed by atoms with Gasteiger partial charge in [0, 0.05) is 31.3 Å². The van der Waals surface area contributed by atoms with Crippen molar-refractivity contribution in [3.8, 4) is 11.5 Å². The summed E-state index contributed by atoms with van der Waals surface area (Å²) >= 11 is 0. The Bertz CT molecular complexity index is 1420. The zero-order valence-corrected chi connectivity index (χ0v) is 24.4. The molecule has 1 saturated heterocycles. The Balaban J connectivity index is 1.55. The van der Waals surface area contributed by atoms with Gasteiger partial charge < -0.3 is 35.2 Å². The summed E-state index contributed by atoms with van der Waals surface area (Å²) in [7, 11) is 1.39. The molecule has 5 amide bonds. The van der Waals surface area contributed by atoms with Crippen molar-refractivity contribution in [2.24, 2.45) is 0 Å². The quantitative estimate of drug-likeness (QED) is 0.415. The smallest absolute Gasteiger partial charge is 0.275 e. The maximum absolute atomic E-state index is 14.4. The molecule has 1 aromatic carbocycles. The van der Waals surface area contributed by atoms with Crippen molar-refractivity contribution >= 4 is 29.5 Å². The summed E-state index contributed by atoms with van der Waals surface area (Å²) in [6.45, 7) is 1.46. The molecule has 15 heteroatoms. The summed E-state index contributed by atoms with van der Waals surface area (Å²) in [5, 5.41) is 8.03. The molecule has 2 aromatic rings. The van der Waals surface area contributed by atoms with Crippen LogP contribution in [0.3, 0.4) is 0 Å². The number of methoxy groups -OCH3 is 1. The average molecular weight is 617 g/mol. The van der Waals surface area contributed by atoms with Crippen LogP contribution in [0, 0.1) is 11.6 Å². The van der Waals surface area contributed by atoms with E-state index in [2.05, 4.69) is 20.9 Å². The van der Waals surface area contributed by atoms with Gasteiger partial charge in [0.25, 0.3) is 11.8 Å². The molecule has 0 radical (unpaired) electrons. The fourth-order valence-corrected chi connectivity index (χ4v) is 4.98. The SMILES string of the molecule is COc1cc2ccc1OCCNC(=O)CN(C(=O)c1ncc(F)cc1F)CCCNC(=O)[C@H]1CCCN1C(=O)[C@H](C)NC2=O. The summed E-state index contributed by atoms with van der Waals surface area (Å²) < 4.78 is 38.8. The molecule has 0 unspecified atom stereocenters. The van der Waals surface area contributed by atoms with Gasteiger partial charge in [-0.25, -0.2) is 13.8 Å². The predicted octanol–water partition coefficient (Wildman–Crippen LogP) is 0.635. The first kappa shape index (κ1) is 32.1. The molecular weight excluding hydrogens is 582 g/mol. The van der Waals surface area contributed by atoms with Crippen LogP contribution in [0.1, 0.15) is 47.0 Å². The van der Waals surface area contributed by atoms with Gasteiger partial charge >= 0.3 is 0 Å². The maximum Gasteiger partial charge on any atom is 0.275 e. The van der Waals surface area contributed by atoms with Gasteiger partial charge in [0.1, 0.15) is 24.5 Å². The number of carbonyl (C=O) groups excluding carboxylic acids is 5. The lowest BCUT2D eigenvalue weighted by molar-refractivity contribution is -0.139. The fraction of sp³-hybridized carbons (Fsp3) is 0.448. The summed E-state index contributed by atoms with van der Waals surface area (Å²) in [6, 6.07) is 3.31. The highest BCUT2D eigenvalue weighted by molar-refractivity contribution is 5.99. The monoisotopic (exact) mass is 616 g/mol. The lowest BCUT2D eigenvalue weighted by Crippen LogP contribution is -2.52. The number of benzene rings is 1. The lowest BCUT2D eigenvalue weighted by Gasteiger charge is -2.27. The van der Waals surface area contributed by atoms with E-state index in [1.165, 1.54) is 30.2 Å². The van der Waals surface area contributed by atoms with E-state index in [9.17, 15) is 32.8 Å². The van der Waals surface area contributed by atoms with E-state index < -0.39 is 65.5 Å². The third-order valence-electron chi connectivity index (χ3n) is 7.20. The van der Waals surface area contributed by atoms with E-state index in [0.29, 0.717) is 37.4 Å². The second-order valence-corrected chi connectivity index (χ2v) is 10.3. The van der Waals surface area contributed by atoms with Crippen LogP contribution >= 0.6 is 0 Å². The molecule has 5 rings (SSSR count). The van der Waals surface area contributed by atoms with Crippen LogP contribution in [0.2, 0.25) is 0 Å². The van der Waals surface area contributed by atoms with Crippen molar-refractivity contribution < 1.29 is 42.2 Å². The number of ether oxygens (including phenoxy) is 2. The molecule has 0 aliphatic carbocycles. The third-order valence-corrected chi connectivity index (χ3v) is 7.20. The minimum absolute atomic E-state index is 0.00427. The summed E-state index contributed by atoms with van der Waals surface area (Å²) in [5.41, 5.74) is -0.429. The van der Waals surface area contributed by atoms with Crippen molar-refractivity contribution in [2.45, 2.75) is 38.3 Å². The Morgan fingerprint density at radius 3 is 2.61 bits per heavy atom. The maximum atomic E-state index is 14.4. The van der Waals surface area contributed by atoms with Crippen LogP contribution in [0.25, 0.3) is 0 Å². The largest absolute Gasteiger partial charge is 0.493 e. The third kappa shape index (κ3) is 7.76. The van der Waals surface area contributed by atoms with Crippen LogP contribution < -0.4 is 25.4 Å². The molecule has 0 saturated carbocycles. The predicted molar refractivity (Wildman–Crippen MR) is 151 cm³/mol. The van der Waals surface area contributed by atoms with E-state index in [4.69, 9.17) is 9.47 Å². The molecule has 2 atom stereocenters. The highest BCUT2D eigenvalue weighted by Gasteiger charge is 2.36. The summed E-state index contributed by atoms with van der Waals surface area (Å²) in [5.74, 6) is -4.43. The minimum atomic E-state index is -1.17. The van der Waals surface area contributed by atoms with E-state index in [-0.39, 0.29) is 44.0 Å². The Hall–Kier alpha value is -4.82. The van der Waals surface area contributed by atoms with Gasteiger partial charge in [-0.15, -0.1) is 0 Å². The van der Waals surface area contributed by atoms with Crippen LogP contribution in [-0.2, 0) is 14.4 Å². The van der Waals surface area contributed by atoms with Crippen LogP contribution in [0.15, 0.2) is 30.5 Å². The normalized spacial score (nSPS) is 20.8. The van der Waals surface area contributed by atoms with Crippen molar-refractivity contribution in [3.05, 3.63) is 53.4 Å². The van der Waals surface area contributed by atoms with Crippen LogP contribution in [-0.4, -0.2) is 103 Å². The molecule has 0 spiro atoms. The van der Waals surface area contributed by atoms with Gasteiger partial charge in [-0.2, -0.15) is 0 Å². The lowest BCUT2D eigenvalue weighted by atomic mass is 10.1. The molecule has 3 aliphatic heterocycles. The van der Waals surface area contributed by atoms with Gasteiger partial charge in [-0.3, -0.25) is 24.0 Å². The number of nitrogens with zero attached hydrogens (tertiary/aromatic N) is 3. The Morgan fingerprint density at radius 1 is 1.07 bits per heavy atom. The molecule has 3 aliphatic rings. The van der Waals surface area contributed by atoms with Crippen molar-refractivity contribution in [3.63, 3.8) is 0 Å². The van der Waals surface area contributed by atoms with Crippen molar-refractivity contribution in [1.82, 2.24) is 30.7 Å². The molecule has 3 N–H and O–H groups in total. The highest BCUT2D eigenvalue weighted by Crippen LogP contribution is 2.28. The second kappa shape index (κ2) is 14.6. The molecule has 4 heterocycles. The standard InChI is InChI=1S/C29H34F2N6O7/c1-17-28(41)37-11-3-5-21(37)27(40)33-8-4-10-36(29(42)25-20(31)14-19(30)15-34-25)16-24(38)32-9-12-44-22-7-6-18(26(39)35-17)13-23(22)43-2/h6-7,13-15,17,21H,3-5,8-12,16H2,1-2H3,(H,32,38)(H,33,40)(H,35,39)/t17-,21+/m0/s1. The summed E-state index contributed by atoms with van der Waals surface area (Å²) in [4.78, 5) is 71.0. The van der Waals surface area contributed by atoms with E-state index in [1.54, 1.807) is 6.92 Å². The number of hydrogen-bond donors (Lipinski definition) is 3. The van der Waals surface area contributed by atoms with Gasteiger partial charge in [-0.1, -0.05) is 0 Å². The molecule has 1 aromatic heterocycles. The first-order valence-electron chi connectivity index (χ1n) is 14.2. The van der Waals surface area contributed by atoms with Gasteiger partial charge in [0.15, 0.2) is 23.0 Å². The number of pyridine rings is 1.